The summed E-state index contributed by atoms with van der Waals surface area (Å²) in [6.07, 6.45) is 0.847. The second-order valence-electron chi connectivity index (χ2n) is 4.31. The van der Waals surface area contributed by atoms with Crippen LogP contribution in [0.5, 0.6) is 0 Å². The Morgan fingerprint density at radius 3 is 2.46 bits per heavy atom. The lowest BCUT2D eigenvalue weighted by Gasteiger charge is -2.16. The molecule has 0 aliphatic carbocycles. The normalized spacial score (nSPS) is 11.7. The molecule has 0 unspecified atom stereocenters. The molecule has 0 aliphatic heterocycles. The first-order chi connectivity index (χ1) is 5.88. The van der Waals surface area contributed by atoms with Crippen LogP contribution in [0.15, 0.2) is 6.07 Å². The van der Waals surface area contributed by atoms with Crippen molar-refractivity contribution in [2.75, 3.05) is 5.73 Å². The van der Waals surface area contributed by atoms with E-state index in [0.29, 0.717) is 10.8 Å². The van der Waals surface area contributed by atoms with Crippen LogP contribution in [0, 0.1) is 5.41 Å². The number of nitrogen functional groups attached to an aromatic ring is 1. The SMILES string of the molecule is CC(C)(C)Cc1cc(Cl)c(N)nn1. The number of anilines is 1. The highest BCUT2D eigenvalue weighted by Crippen LogP contribution is 2.22. The van der Waals surface area contributed by atoms with Crippen LogP contribution in [0.3, 0.4) is 0 Å². The Kier molecular flexibility index (Phi) is 2.76. The van der Waals surface area contributed by atoms with Gasteiger partial charge < -0.3 is 5.73 Å². The fraction of sp³-hybridized carbons (Fsp3) is 0.556. The molecule has 0 aromatic carbocycles. The predicted octanol–water partition coefficient (Wildman–Crippen LogP) is 2.30. The molecule has 0 saturated heterocycles. The largest absolute Gasteiger partial charge is 0.381 e. The quantitative estimate of drug-likeness (QED) is 0.755. The molecule has 13 heavy (non-hydrogen) atoms. The first-order valence-corrected chi connectivity index (χ1v) is 4.54. The van der Waals surface area contributed by atoms with Gasteiger partial charge in [-0.1, -0.05) is 32.4 Å². The molecule has 2 N–H and O–H groups in total. The molecule has 0 amide bonds. The van der Waals surface area contributed by atoms with Gasteiger partial charge in [0.25, 0.3) is 0 Å². The maximum atomic E-state index is 5.82. The Bertz CT molecular complexity index is 304. The maximum Gasteiger partial charge on any atom is 0.164 e. The number of hydrogen-bond acceptors (Lipinski definition) is 3. The molecule has 4 heteroatoms. The van der Waals surface area contributed by atoms with Crippen molar-refractivity contribution in [3.8, 4) is 0 Å². The first-order valence-electron chi connectivity index (χ1n) is 4.16. The molecule has 72 valence electrons. The van der Waals surface area contributed by atoms with Crippen molar-refractivity contribution < 1.29 is 0 Å². The number of aromatic nitrogens is 2. The Hall–Kier alpha value is -0.830. The highest BCUT2D eigenvalue weighted by molar-refractivity contribution is 6.32. The first kappa shape index (κ1) is 10.3. The zero-order valence-electron chi connectivity index (χ0n) is 8.13. The Labute approximate surface area is 83.3 Å². The minimum absolute atomic E-state index is 0.189. The summed E-state index contributed by atoms with van der Waals surface area (Å²) in [5, 5.41) is 8.20. The highest BCUT2D eigenvalue weighted by Gasteiger charge is 2.13. The lowest BCUT2D eigenvalue weighted by atomic mass is 9.90. The zero-order valence-corrected chi connectivity index (χ0v) is 8.89. The Morgan fingerprint density at radius 1 is 1.38 bits per heavy atom. The summed E-state index contributed by atoms with van der Waals surface area (Å²) in [5.41, 5.74) is 6.52. The van der Waals surface area contributed by atoms with Crippen molar-refractivity contribution in [3.63, 3.8) is 0 Å². The van der Waals surface area contributed by atoms with Crippen LogP contribution in [0.4, 0.5) is 5.82 Å². The molecule has 0 atom stereocenters. The van der Waals surface area contributed by atoms with E-state index in [9.17, 15) is 0 Å². The second kappa shape index (κ2) is 3.50. The topological polar surface area (TPSA) is 51.8 Å². The van der Waals surface area contributed by atoms with E-state index in [2.05, 4.69) is 31.0 Å². The van der Waals surface area contributed by atoms with Crippen LogP contribution >= 0.6 is 11.6 Å². The van der Waals surface area contributed by atoms with E-state index in [1.165, 1.54) is 0 Å². The zero-order chi connectivity index (χ0) is 10.1. The predicted molar refractivity (Wildman–Crippen MR) is 54.6 cm³/mol. The second-order valence-corrected chi connectivity index (χ2v) is 4.71. The van der Waals surface area contributed by atoms with Crippen LogP contribution in [0.25, 0.3) is 0 Å². The minimum Gasteiger partial charge on any atom is -0.381 e. The molecule has 0 bridgehead atoms. The Balaban J connectivity index is 2.86. The third kappa shape index (κ3) is 3.19. The van der Waals surface area contributed by atoms with Crippen LogP contribution in [0.1, 0.15) is 26.5 Å². The number of halogens is 1. The summed E-state index contributed by atoms with van der Waals surface area (Å²) >= 11 is 5.82. The lowest BCUT2D eigenvalue weighted by Crippen LogP contribution is -2.11. The van der Waals surface area contributed by atoms with Gasteiger partial charge in [-0.05, 0) is 17.9 Å². The van der Waals surface area contributed by atoms with Crippen LogP contribution < -0.4 is 5.73 Å². The molecule has 0 radical (unpaired) electrons. The molecule has 1 heterocycles. The highest BCUT2D eigenvalue weighted by atomic mass is 35.5. The average molecular weight is 200 g/mol. The third-order valence-corrected chi connectivity index (χ3v) is 1.84. The smallest absolute Gasteiger partial charge is 0.164 e. The van der Waals surface area contributed by atoms with E-state index in [1.54, 1.807) is 6.07 Å². The van der Waals surface area contributed by atoms with Crippen molar-refractivity contribution in [2.24, 2.45) is 5.41 Å². The molecule has 1 aromatic heterocycles. The van der Waals surface area contributed by atoms with Gasteiger partial charge in [-0.2, -0.15) is 5.10 Å². The standard InChI is InChI=1S/C9H14ClN3/c1-9(2,3)5-6-4-7(10)8(11)13-12-6/h4H,5H2,1-3H3,(H2,11,13). The maximum absolute atomic E-state index is 5.82. The van der Waals surface area contributed by atoms with Gasteiger partial charge in [-0.25, -0.2) is 0 Å². The van der Waals surface area contributed by atoms with E-state index in [-0.39, 0.29) is 5.41 Å². The van der Waals surface area contributed by atoms with Gasteiger partial charge in [0, 0.05) is 0 Å². The molecule has 0 spiro atoms. The number of nitrogens with two attached hydrogens (primary N) is 1. The van der Waals surface area contributed by atoms with E-state index < -0.39 is 0 Å². The molecular weight excluding hydrogens is 186 g/mol. The average Bonchev–Trinajstić information content (AvgIpc) is 1.94. The van der Waals surface area contributed by atoms with Crippen molar-refractivity contribution >= 4 is 17.4 Å². The van der Waals surface area contributed by atoms with Crippen LogP contribution in [-0.2, 0) is 6.42 Å². The summed E-state index contributed by atoms with van der Waals surface area (Å²) in [4.78, 5) is 0. The van der Waals surface area contributed by atoms with Gasteiger partial charge in [-0.3, -0.25) is 0 Å². The fourth-order valence-electron chi connectivity index (χ4n) is 1.04. The van der Waals surface area contributed by atoms with Crippen molar-refractivity contribution in [3.05, 3.63) is 16.8 Å². The van der Waals surface area contributed by atoms with Crippen molar-refractivity contribution in [2.45, 2.75) is 27.2 Å². The molecule has 0 fully saturated rings. The van der Waals surface area contributed by atoms with Gasteiger partial charge in [0.15, 0.2) is 5.82 Å². The lowest BCUT2D eigenvalue weighted by molar-refractivity contribution is 0.404. The summed E-state index contributed by atoms with van der Waals surface area (Å²) in [6, 6.07) is 1.77. The van der Waals surface area contributed by atoms with Gasteiger partial charge >= 0.3 is 0 Å². The summed E-state index contributed by atoms with van der Waals surface area (Å²) in [5.74, 6) is 0.291. The number of nitrogens with zero attached hydrogens (tertiary/aromatic N) is 2. The van der Waals surface area contributed by atoms with Gasteiger partial charge in [0.1, 0.15) is 0 Å². The molecule has 1 rings (SSSR count). The number of rotatable bonds is 1. The van der Waals surface area contributed by atoms with Gasteiger partial charge in [0.2, 0.25) is 0 Å². The van der Waals surface area contributed by atoms with E-state index >= 15 is 0 Å². The molecular formula is C9H14ClN3. The van der Waals surface area contributed by atoms with Crippen molar-refractivity contribution in [1.29, 1.82) is 0 Å². The molecule has 0 saturated carbocycles. The minimum atomic E-state index is 0.189. The molecule has 0 aliphatic rings. The van der Waals surface area contributed by atoms with Crippen molar-refractivity contribution in [1.82, 2.24) is 10.2 Å². The van der Waals surface area contributed by atoms with Gasteiger partial charge in [0.05, 0.1) is 10.7 Å². The van der Waals surface area contributed by atoms with Gasteiger partial charge in [-0.15, -0.1) is 5.10 Å². The monoisotopic (exact) mass is 199 g/mol. The fourth-order valence-corrected chi connectivity index (χ4v) is 1.21. The van der Waals surface area contributed by atoms with Crippen LogP contribution in [0.2, 0.25) is 5.02 Å². The van der Waals surface area contributed by atoms with E-state index in [4.69, 9.17) is 17.3 Å². The number of hydrogen-bond donors (Lipinski definition) is 1. The summed E-state index contributed by atoms with van der Waals surface area (Å²) in [6.45, 7) is 6.41. The third-order valence-electron chi connectivity index (χ3n) is 1.54. The van der Waals surface area contributed by atoms with Crippen LogP contribution in [-0.4, -0.2) is 10.2 Å². The summed E-state index contributed by atoms with van der Waals surface area (Å²) in [7, 11) is 0. The molecule has 3 nitrogen and oxygen atoms in total. The molecule has 1 aromatic rings. The van der Waals surface area contributed by atoms with E-state index in [0.717, 1.165) is 12.1 Å². The van der Waals surface area contributed by atoms with E-state index in [1.807, 2.05) is 0 Å². The Morgan fingerprint density at radius 2 is 2.00 bits per heavy atom. The summed E-state index contributed by atoms with van der Waals surface area (Å²) < 4.78 is 0.